The standard InChI is InChI=1S/C14H15N3O2/c1-10(11-5-3-4-6-13(11)19-2)17-14(18)12-9-15-7-8-16-12/h3-10H,1-2H3,(H,17,18)/t10-/m1/s1. The molecule has 0 fully saturated rings. The lowest BCUT2D eigenvalue weighted by atomic mass is 10.1. The van der Waals surface area contributed by atoms with E-state index in [0.717, 1.165) is 11.3 Å². The van der Waals surface area contributed by atoms with E-state index < -0.39 is 0 Å². The second-order valence-corrected chi connectivity index (χ2v) is 4.03. The Labute approximate surface area is 111 Å². The molecule has 1 heterocycles. The monoisotopic (exact) mass is 257 g/mol. The molecule has 1 aromatic carbocycles. The van der Waals surface area contributed by atoms with Gasteiger partial charge in [0.1, 0.15) is 11.4 Å². The summed E-state index contributed by atoms with van der Waals surface area (Å²) in [6, 6.07) is 7.40. The van der Waals surface area contributed by atoms with Crippen molar-refractivity contribution in [3.8, 4) is 5.75 Å². The number of hydrogen-bond donors (Lipinski definition) is 1. The van der Waals surface area contributed by atoms with Crippen LogP contribution in [0.25, 0.3) is 0 Å². The average molecular weight is 257 g/mol. The van der Waals surface area contributed by atoms with Crippen LogP contribution in [0.1, 0.15) is 29.0 Å². The fraction of sp³-hybridized carbons (Fsp3) is 0.214. The second-order valence-electron chi connectivity index (χ2n) is 4.03. The molecule has 1 atom stereocenters. The van der Waals surface area contributed by atoms with Gasteiger partial charge < -0.3 is 10.1 Å². The number of aromatic nitrogens is 2. The third kappa shape index (κ3) is 3.07. The summed E-state index contributed by atoms with van der Waals surface area (Å²) in [6.45, 7) is 1.89. The fourth-order valence-electron chi connectivity index (χ4n) is 1.79. The summed E-state index contributed by atoms with van der Waals surface area (Å²) in [5.74, 6) is 0.487. The van der Waals surface area contributed by atoms with Gasteiger partial charge in [-0.25, -0.2) is 4.98 Å². The number of ether oxygens (including phenoxy) is 1. The third-order valence-corrected chi connectivity index (χ3v) is 2.75. The van der Waals surface area contributed by atoms with Gasteiger partial charge in [-0.2, -0.15) is 0 Å². The molecule has 0 aliphatic carbocycles. The van der Waals surface area contributed by atoms with E-state index in [9.17, 15) is 4.79 Å². The number of benzene rings is 1. The van der Waals surface area contributed by atoms with E-state index in [2.05, 4.69) is 15.3 Å². The molecule has 0 unspecified atom stereocenters. The Morgan fingerprint density at radius 2 is 2.11 bits per heavy atom. The topological polar surface area (TPSA) is 64.1 Å². The lowest BCUT2D eigenvalue weighted by Gasteiger charge is -2.16. The van der Waals surface area contributed by atoms with Crippen molar-refractivity contribution < 1.29 is 9.53 Å². The van der Waals surface area contributed by atoms with Gasteiger partial charge in [0, 0.05) is 18.0 Å². The summed E-state index contributed by atoms with van der Waals surface area (Å²) in [5.41, 5.74) is 1.21. The van der Waals surface area contributed by atoms with E-state index in [-0.39, 0.29) is 11.9 Å². The highest BCUT2D eigenvalue weighted by molar-refractivity contribution is 5.92. The van der Waals surface area contributed by atoms with Crippen molar-refractivity contribution in [1.29, 1.82) is 0 Å². The van der Waals surface area contributed by atoms with Crippen LogP contribution in [0.4, 0.5) is 0 Å². The van der Waals surface area contributed by atoms with Crippen LogP contribution in [0, 0.1) is 0 Å². The molecule has 0 bridgehead atoms. The normalized spacial score (nSPS) is 11.7. The highest BCUT2D eigenvalue weighted by Crippen LogP contribution is 2.24. The molecule has 0 radical (unpaired) electrons. The zero-order valence-corrected chi connectivity index (χ0v) is 10.8. The van der Waals surface area contributed by atoms with Crippen LogP contribution in [-0.4, -0.2) is 23.0 Å². The molecule has 5 heteroatoms. The van der Waals surface area contributed by atoms with Crippen molar-refractivity contribution in [3.05, 3.63) is 54.1 Å². The Morgan fingerprint density at radius 1 is 1.32 bits per heavy atom. The Kier molecular flexibility index (Phi) is 4.07. The zero-order valence-electron chi connectivity index (χ0n) is 10.8. The maximum Gasteiger partial charge on any atom is 0.271 e. The molecule has 1 amide bonds. The number of rotatable bonds is 4. The highest BCUT2D eigenvalue weighted by atomic mass is 16.5. The summed E-state index contributed by atoms with van der Waals surface area (Å²) in [7, 11) is 1.61. The Balaban J connectivity index is 2.13. The van der Waals surface area contributed by atoms with E-state index in [4.69, 9.17) is 4.74 Å². The fourth-order valence-corrected chi connectivity index (χ4v) is 1.79. The quantitative estimate of drug-likeness (QED) is 0.909. The largest absolute Gasteiger partial charge is 0.496 e. The van der Waals surface area contributed by atoms with Crippen molar-refractivity contribution >= 4 is 5.91 Å². The summed E-state index contributed by atoms with van der Waals surface area (Å²) in [5, 5.41) is 2.87. The first-order chi connectivity index (χ1) is 9.22. The van der Waals surface area contributed by atoms with Crippen LogP contribution < -0.4 is 10.1 Å². The molecule has 0 saturated carbocycles. The molecule has 0 aliphatic heterocycles. The van der Waals surface area contributed by atoms with Crippen LogP contribution in [0.2, 0.25) is 0 Å². The summed E-state index contributed by atoms with van der Waals surface area (Å²) < 4.78 is 5.27. The molecule has 2 rings (SSSR count). The van der Waals surface area contributed by atoms with Gasteiger partial charge in [-0.15, -0.1) is 0 Å². The number of carbonyl (C=O) groups is 1. The smallest absolute Gasteiger partial charge is 0.271 e. The zero-order chi connectivity index (χ0) is 13.7. The second kappa shape index (κ2) is 5.95. The molecule has 1 aromatic heterocycles. The minimum Gasteiger partial charge on any atom is -0.496 e. The maximum absolute atomic E-state index is 12.0. The molecule has 2 aromatic rings. The lowest BCUT2D eigenvalue weighted by Crippen LogP contribution is -2.27. The summed E-state index contributed by atoms with van der Waals surface area (Å²) in [6.07, 6.45) is 4.45. The Bertz CT molecular complexity index is 558. The lowest BCUT2D eigenvalue weighted by molar-refractivity contribution is 0.0934. The van der Waals surface area contributed by atoms with Gasteiger partial charge in [-0.3, -0.25) is 9.78 Å². The molecule has 19 heavy (non-hydrogen) atoms. The number of para-hydroxylation sites is 1. The van der Waals surface area contributed by atoms with E-state index in [1.54, 1.807) is 7.11 Å². The molecule has 0 spiro atoms. The van der Waals surface area contributed by atoms with E-state index >= 15 is 0 Å². The summed E-state index contributed by atoms with van der Waals surface area (Å²) in [4.78, 5) is 19.8. The Morgan fingerprint density at radius 3 is 2.79 bits per heavy atom. The van der Waals surface area contributed by atoms with Gasteiger partial charge in [-0.1, -0.05) is 18.2 Å². The van der Waals surface area contributed by atoms with Gasteiger partial charge in [0.15, 0.2) is 0 Å². The number of methoxy groups -OCH3 is 1. The van der Waals surface area contributed by atoms with Crippen molar-refractivity contribution in [1.82, 2.24) is 15.3 Å². The number of nitrogens with one attached hydrogen (secondary N) is 1. The van der Waals surface area contributed by atoms with Crippen LogP contribution in [0.15, 0.2) is 42.9 Å². The predicted molar refractivity (Wildman–Crippen MR) is 70.9 cm³/mol. The van der Waals surface area contributed by atoms with Crippen LogP contribution in [-0.2, 0) is 0 Å². The average Bonchev–Trinajstić information content (AvgIpc) is 2.48. The van der Waals surface area contributed by atoms with E-state index in [0.29, 0.717) is 5.69 Å². The molecule has 0 aliphatic rings. The third-order valence-electron chi connectivity index (χ3n) is 2.75. The first-order valence-corrected chi connectivity index (χ1v) is 5.92. The minimum atomic E-state index is -0.258. The number of hydrogen-bond acceptors (Lipinski definition) is 4. The molecule has 5 nitrogen and oxygen atoms in total. The van der Waals surface area contributed by atoms with Crippen molar-refractivity contribution in [2.75, 3.05) is 7.11 Å². The van der Waals surface area contributed by atoms with Crippen molar-refractivity contribution in [2.45, 2.75) is 13.0 Å². The first kappa shape index (κ1) is 13.0. The Hall–Kier alpha value is -2.43. The molecule has 1 N–H and O–H groups in total. The first-order valence-electron chi connectivity index (χ1n) is 5.92. The summed E-state index contributed by atoms with van der Waals surface area (Å²) >= 11 is 0. The van der Waals surface area contributed by atoms with E-state index in [1.807, 2.05) is 31.2 Å². The van der Waals surface area contributed by atoms with Crippen LogP contribution in [0.5, 0.6) is 5.75 Å². The molecular formula is C14H15N3O2. The SMILES string of the molecule is COc1ccccc1[C@@H](C)NC(=O)c1cnccn1. The molecular weight excluding hydrogens is 242 g/mol. The number of amides is 1. The van der Waals surface area contributed by atoms with Gasteiger partial charge in [0.05, 0.1) is 19.3 Å². The van der Waals surface area contributed by atoms with Crippen LogP contribution >= 0.6 is 0 Å². The van der Waals surface area contributed by atoms with E-state index in [1.165, 1.54) is 18.6 Å². The van der Waals surface area contributed by atoms with Crippen molar-refractivity contribution in [2.24, 2.45) is 0 Å². The van der Waals surface area contributed by atoms with Gasteiger partial charge in [-0.05, 0) is 13.0 Å². The number of nitrogens with zero attached hydrogens (tertiary/aromatic N) is 2. The number of carbonyl (C=O) groups excluding carboxylic acids is 1. The minimum absolute atomic E-state index is 0.175. The van der Waals surface area contributed by atoms with Crippen LogP contribution in [0.3, 0.4) is 0 Å². The van der Waals surface area contributed by atoms with Gasteiger partial charge in [0.25, 0.3) is 5.91 Å². The van der Waals surface area contributed by atoms with Gasteiger partial charge >= 0.3 is 0 Å². The molecule has 98 valence electrons. The van der Waals surface area contributed by atoms with Gasteiger partial charge in [0.2, 0.25) is 0 Å². The maximum atomic E-state index is 12.0. The highest BCUT2D eigenvalue weighted by Gasteiger charge is 2.15. The van der Waals surface area contributed by atoms with Crippen molar-refractivity contribution in [3.63, 3.8) is 0 Å². The predicted octanol–water partition coefficient (Wildman–Crippen LogP) is 1.98. The molecule has 0 saturated heterocycles.